The maximum atomic E-state index is 12.7. The number of rotatable bonds is 5. The molecule has 118 valence electrons. The highest BCUT2D eigenvalue weighted by atomic mass is 32.2. The molecule has 1 atom stereocenters. The molecule has 0 saturated carbocycles. The van der Waals surface area contributed by atoms with Crippen molar-refractivity contribution in [3.8, 4) is 0 Å². The molecule has 1 aromatic carbocycles. The van der Waals surface area contributed by atoms with Crippen LogP contribution >= 0.6 is 0 Å². The van der Waals surface area contributed by atoms with Gasteiger partial charge in [0.1, 0.15) is 0 Å². The lowest BCUT2D eigenvalue weighted by molar-refractivity contribution is 0.354. The van der Waals surface area contributed by atoms with Gasteiger partial charge in [-0.05, 0) is 30.5 Å². The second-order valence-electron chi connectivity index (χ2n) is 5.26. The summed E-state index contributed by atoms with van der Waals surface area (Å²) in [5.74, 6) is -0.00836. The van der Waals surface area contributed by atoms with Crippen molar-refractivity contribution in [3.63, 3.8) is 0 Å². The Labute approximate surface area is 126 Å². The zero-order valence-electron chi connectivity index (χ0n) is 12.3. The smallest absolute Gasteiger partial charge is 0.229 e. The lowest BCUT2D eigenvalue weighted by atomic mass is 10.2. The quantitative estimate of drug-likeness (QED) is 0.818. The van der Waals surface area contributed by atoms with E-state index in [2.05, 4.69) is 0 Å². The average molecular weight is 331 g/mol. The molecule has 7 heteroatoms. The van der Waals surface area contributed by atoms with E-state index in [1.807, 2.05) is 6.92 Å². The minimum absolute atomic E-state index is 0.0679. The summed E-state index contributed by atoms with van der Waals surface area (Å²) in [7, 11) is -6.75. The molecule has 1 aliphatic heterocycles. The van der Waals surface area contributed by atoms with E-state index in [0.29, 0.717) is 6.42 Å². The average Bonchev–Trinajstić information content (AvgIpc) is 2.79. The zero-order chi connectivity index (χ0) is 15.7. The Morgan fingerprint density at radius 1 is 1.19 bits per heavy atom. The standard InChI is InChI=1S/C14H21NO4S2/c1-3-12-5-7-14(8-6-12)21(18,19)15(4-2)13-9-10-20(16,17)11-13/h5-8,13H,3-4,9-11H2,1-2H3/t13-/m1/s1. The molecule has 5 nitrogen and oxygen atoms in total. The monoisotopic (exact) mass is 331 g/mol. The highest BCUT2D eigenvalue weighted by Gasteiger charge is 2.37. The maximum Gasteiger partial charge on any atom is 0.243 e. The van der Waals surface area contributed by atoms with Gasteiger partial charge in [-0.1, -0.05) is 26.0 Å². The van der Waals surface area contributed by atoms with Crippen LogP contribution in [0.2, 0.25) is 0 Å². The van der Waals surface area contributed by atoms with Crippen LogP contribution in [0.4, 0.5) is 0 Å². The van der Waals surface area contributed by atoms with Gasteiger partial charge in [0.15, 0.2) is 9.84 Å². The van der Waals surface area contributed by atoms with Crippen LogP contribution in [-0.4, -0.2) is 45.2 Å². The van der Waals surface area contributed by atoms with Crippen molar-refractivity contribution >= 4 is 19.9 Å². The third-order valence-corrected chi connectivity index (χ3v) is 7.66. The first kappa shape index (κ1) is 16.5. The number of sulfonamides is 1. The van der Waals surface area contributed by atoms with Crippen molar-refractivity contribution in [1.82, 2.24) is 4.31 Å². The first-order chi connectivity index (χ1) is 9.80. The van der Waals surface area contributed by atoms with Crippen LogP contribution in [0.25, 0.3) is 0 Å². The minimum atomic E-state index is -3.64. The lowest BCUT2D eigenvalue weighted by Gasteiger charge is -2.26. The molecule has 1 heterocycles. The van der Waals surface area contributed by atoms with Gasteiger partial charge in [0.05, 0.1) is 16.4 Å². The highest BCUT2D eigenvalue weighted by molar-refractivity contribution is 7.92. The van der Waals surface area contributed by atoms with Crippen LogP contribution in [0.5, 0.6) is 0 Å². The molecule has 2 rings (SSSR count). The second-order valence-corrected chi connectivity index (χ2v) is 9.38. The molecule has 0 unspecified atom stereocenters. The molecule has 0 radical (unpaired) electrons. The van der Waals surface area contributed by atoms with E-state index in [4.69, 9.17) is 0 Å². The first-order valence-corrected chi connectivity index (χ1v) is 10.4. The predicted octanol–water partition coefficient (Wildman–Crippen LogP) is 1.45. The number of aryl methyl sites for hydroxylation is 1. The molecule has 1 aliphatic rings. The van der Waals surface area contributed by atoms with Crippen molar-refractivity contribution in [2.24, 2.45) is 0 Å². The zero-order valence-corrected chi connectivity index (χ0v) is 14.0. The number of benzene rings is 1. The third-order valence-electron chi connectivity index (χ3n) is 3.87. The van der Waals surface area contributed by atoms with E-state index in [9.17, 15) is 16.8 Å². The molecule has 0 spiro atoms. The summed E-state index contributed by atoms with van der Waals surface area (Å²) in [4.78, 5) is 0.228. The molecule has 0 aromatic heterocycles. The fourth-order valence-corrected chi connectivity index (χ4v) is 6.15. The van der Waals surface area contributed by atoms with E-state index in [0.717, 1.165) is 12.0 Å². The topological polar surface area (TPSA) is 71.5 Å². The fourth-order valence-electron chi connectivity index (χ4n) is 2.66. The number of nitrogens with zero attached hydrogens (tertiary/aromatic N) is 1. The van der Waals surface area contributed by atoms with Crippen LogP contribution in [0.3, 0.4) is 0 Å². The van der Waals surface area contributed by atoms with Gasteiger partial charge in [-0.15, -0.1) is 0 Å². The summed E-state index contributed by atoms with van der Waals surface area (Å²) in [6.07, 6.45) is 1.22. The lowest BCUT2D eigenvalue weighted by Crippen LogP contribution is -2.40. The normalized spacial score (nSPS) is 21.8. The number of sulfone groups is 1. The Morgan fingerprint density at radius 3 is 2.24 bits per heavy atom. The molecule has 1 fully saturated rings. The number of hydrogen-bond donors (Lipinski definition) is 0. The summed E-state index contributed by atoms with van der Waals surface area (Å²) in [5.41, 5.74) is 1.07. The molecular weight excluding hydrogens is 310 g/mol. The highest BCUT2D eigenvalue weighted by Crippen LogP contribution is 2.25. The summed E-state index contributed by atoms with van der Waals surface area (Å²) >= 11 is 0. The summed E-state index contributed by atoms with van der Waals surface area (Å²) < 4.78 is 49.9. The van der Waals surface area contributed by atoms with E-state index in [1.54, 1.807) is 31.2 Å². The van der Waals surface area contributed by atoms with Crippen molar-refractivity contribution in [3.05, 3.63) is 29.8 Å². The number of hydrogen-bond acceptors (Lipinski definition) is 4. The molecule has 0 amide bonds. The van der Waals surface area contributed by atoms with Crippen LogP contribution in [0.15, 0.2) is 29.2 Å². The van der Waals surface area contributed by atoms with Crippen LogP contribution in [0.1, 0.15) is 25.8 Å². The molecule has 21 heavy (non-hydrogen) atoms. The van der Waals surface area contributed by atoms with Gasteiger partial charge in [-0.25, -0.2) is 16.8 Å². The second kappa shape index (κ2) is 6.06. The van der Waals surface area contributed by atoms with Crippen LogP contribution in [-0.2, 0) is 26.3 Å². The van der Waals surface area contributed by atoms with E-state index in [-0.39, 0.29) is 22.9 Å². The van der Waals surface area contributed by atoms with E-state index >= 15 is 0 Å². The van der Waals surface area contributed by atoms with Gasteiger partial charge in [0.25, 0.3) is 0 Å². The Hall–Kier alpha value is -0.920. The summed E-state index contributed by atoms with van der Waals surface area (Å²) in [6, 6.07) is 6.34. The van der Waals surface area contributed by atoms with Gasteiger partial charge in [-0.2, -0.15) is 4.31 Å². The maximum absolute atomic E-state index is 12.7. The van der Waals surface area contributed by atoms with Crippen LogP contribution in [0, 0.1) is 0 Å². The SMILES string of the molecule is CCc1ccc(S(=O)(=O)N(CC)[C@@H]2CCS(=O)(=O)C2)cc1. The van der Waals surface area contributed by atoms with Crippen molar-refractivity contribution in [1.29, 1.82) is 0 Å². The Kier molecular flexibility index (Phi) is 4.75. The minimum Gasteiger partial charge on any atom is -0.229 e. The molecule has 0 bridgehead atoms. The van der Waals surface area contributed by atoms with Crippen molar-refractivity contribution in [2.75, 3.05) is 18.1 Å². The Balaban J connectivity index is 2.31. The predicted molar refractivity (Wildman–Crippen MR) is 82.4 cm³/mol. The molecular formula is C14H21NO4S2. The van der Waals surface area contributed by atoms with Crippen LogP contribution < -0.4 is 0 Å². The molecule has 1 aromatic rings. The van der Waals surface area contributed by atoms with Gasteiger partial charge in [0.2, 0.25) is 10.0 Å². The molecule has 0 N–H and O–H groups in total. The first-order valence-electron chi connectivity index (χ1n) is 7.11. The summed E-state index contributed by atoms with van der Waals surface area (Å²) in [6.45, 7) is 4.02. The Morgan fingerprint density at radius 2 is 1.81 bits per heavy atom. The third kappa shape index (κ3) is 3.46. The summed E-state index contributed by atoms with van der Waals surface area (Å²) in [5, 5.41) is 0. The Bertz CT molecular complexity index is 693. The molecule has 0 aliphatic carbocycles. The van der Waals surface area contributed by atoms with Gasteiger partial charge < -0.3 is 0 Å². The fraction of sp³-hybridized carbons (Fsp3) is 0.571. The molecule has 1 saturated heterocycles. The largest absolute Gasteiger partial charge is 0.243 e. The van der Waals surface area contributed by atoms with E-state index in [1.165, 1.54) is 4.31 Å². The van der Waals surface area contributed by atoms with Gasteiger partial charge >= 0.3 is 0 Å². The van der Waals surface area contributed by atoms with Gasteiger partial charge in [-0.3, -0.25) is 0 Å². The van der Waals surface area contributed by atoms with E-state index < -0.39 is 25.9 Å². The van der Waals surface area contributed by atoms with Crippen molar-refractivity contribution in [2.45, 2.75) is 37.6 Å². The van der Waals surface area contributed by atoms with Crippen molar-refractivity contribution < 1.29 is 16.8 Å². The van der Waals surface area contributed by atoms with Gasteiger partial charge in [0, 0.05) is 12.6 Å².